The van der Waals surface area contributed by atoms with E-state index in [1.807, 2.05) is 59.5 Å². The lowest BCUT2D eigenvalue weighted by Crippen LogP contribution is -2.27. The minimum absolute atomic E-state index is 0.231. The summed E-state index contributed by atoms with van der Waals surface area (Å²) in [6, 6.07) is 17.1. The molecule has 5 heteroatoms. The number of hydrogen-bond acceptors (Lipinski definition) is 3. The number of anilines is 1. The Balaban J connectivity index is 1.42. The number of amides is 2. The van der Waals surface area contributed by atoms with Gasteiger partial charge in [-0.3, -0.25) is 10.1 Å². The van der Waals surface area contributed by atoms with E-state index in [-0.39, 0.29) is 12.5 Å². The molecule has 0 aromatic heterocycles. The Morgan fingerprint density at radius 1 is 0.923 bits per heavy atom. The summed E-state index contributed by atoms with van der Waals surface area (Å²) in [5, 5.41) is 2.71. The number of likely N-dealkylation sites (tertiary alicyclic amines) is 1. The predicted molar refractivity (Wildman–Crippen MR) is 101 cm³/mol. The number of aryl methyl sites for hydroxylation is 1. The smallest absolute Gasteiger partial charge is 0.411 e. The Labute approximate surface area is 154 Å². The van der Waals surface area contributed by atoms with Crippen LogP contribution in [0.1, 0.15) is 30.4 Å². The van der Waals surface area contributed by atoms with Crippen LogP contribution in [0.3, 0.4) is 0 Å². The van der Waals surface area contributed by atoms with Crippen molar-refractivity contribution in [1.82, 2.24) is 4.90 Å². The van der Waals surface area contributed by atoms with Gasteiger partial charge in [0.15, 0.2) is 0 Å². The van der Waals surface area contributed by atoms with Crippen molar-refractivity contribution >= 4 is 17.7 Å². The highest BCUT2D eigenvalue weighted by atomic mass is 16.5. The van der Waals surface area contributed by atoms with Crippen molar-refractivity contribution in [1.29, 1.82) is 0 Å². The van der Waals surface area contributed by atoms with Crippen molar-refractivity contribution in [2.45, 2.75) is 32.3 Å². The van der Waals surface area contributed by atoms with E-state index in [1.54, 1.807) is 0 Å². The van der Waals surface area contributed by atoms with E-state index < -0.39 is 6.09 Å². The van der Waals surface area contributed by atoms with E-state index in [2.05, 4.69) is 5.32 Å². The van der Waals surface area contributed by atoms with Crippen LogP contribution in [0.5, 0.6) is 0 Å². The fraction of sp³-hybridized carbons (Fsp3) is 0.333. The first kappa shape index (κ1) is 18.0. The lowest BCUT2D eigenvalue weighted by atomic mass is 10.1. The maximum absolute atomic E-state index is 12.1. The minimum atomic E-state index is -0.481. The lowest BCUT2D eigenvalue weighted by Gasteiger charge is -2.15. The Hall–Kier alpha value is -2.82. The zero-order valence-electron chi connectivity index (χ0n) is 14.8. The van der Waals surface area contributed by atoms with Crippen molar-refractivity contribution in [3.63, 3.8) is 0 Å². The number of ether oxygens (including phenoxy) is 1. The molecule has 1 heterocycles. The fourth-order valence-electron chi connectivity index (χ4n) is 3.01. The van der Waals surface area contributed by atoms with Gasteiger partial charge in [-0.05, 0) is 42.5 Å². The second kappa shape index (κ2) is 9.04. The van der Waals surface area contributed by atoms with Gasteiger partial charge in [-0.25, -0.2) is 4.79 Å². The van der Waals surface area contributed by atoms with Crippen molar-refractivity contribution < 1.29 is 14.3 Å². The molecule has 1 aliphatic rings. The first-order valence-corrected chi connectivity index (χ1v) is 9.05. The molecule has 0 aliphatic carbocycles. The van der Waals surface area contributed by atoms with Gasteiger partial charge in [0, 0.05) is 25.2 Å². The number of hydrogen-bond donors (Lipinski definition) is 1. The molecule has 0 bridgehead atoms. The molecular weight excluding hydrogens is 328 g/mol. The maximum Gasteiger partial charge on any atom is 0.411 e. The Bertz CT molecular complexity index is 723. The summed E-state index contributed by atoms with van der Waals surface area (Å²) in [7, 11) is 0. The molecule has 0 atom stereocenters. The molecule has 1 N–H and O–H groups in total. The molecule has 2 aromatic rings. The summed E-state index contributed by atoms with van der Waals surface area (Å²) in [6.45, 7) is 2.03. The standard InChI is InChI=1S/C21H24N2O3/c24-20(23-14-4-5-15-23)13-10-17-8-11-19(12-9-17)22-21(25)26-16-18-6-2-1-3-7-18/h1-3,6-9,11-12H,4-5,10,13-16H2,(H,22,25). The normalized spacial score (nSPS) is 13.5. The number of nitrogens with one attached hydrogen (secondary N) is 1. The molecule has 136 valence electrons. The van der Waals surface area contributed by atoms with Crippen LogP contribution >= 0.6 is 0 Å². The van der Waals surface area contributed by atoms with Gasteiger partial charge in [-0.15, -0.1) is 0 Å². The summed E-state index contributed by atoms with van der Waals surface area (Å²) >= 11 is 0. The fourth-order valence-corrected chi connectivity index (χ4v) is 3.01. The average Bonchev–Trinajstić information content (AvgIpc) is 3.21. The quantitative estimate of drug-likeness (QED) is 0.855. The first-order valence-electron chi connectivity index (χ1n) is 9.05. The van der Waals surface area contributed by atoms with E-state index in [1.165, 1.54) is 0 Å². The van der Waals surface area contributed by atoms with Gasteiger partial charge < -0.3 is 9.64 Å². The number of carbonyl (C=O) groups excluding carboxylic acids is 2. The average molecular weight is 352 g/mol. The Morgan fingerprint density at radius 3 is 2.31 bits per heavy atom. The molecule has 2 aromatic carbocycles. The molecule has 0 unspecified atom stereocenters. The van der Waals surface area contributed by atoms with Crippen molar-refractivity contribution in [2.24, 2.45) is 0 Å². The third-order valence-corrected chi connectivity index (χ3v) is 4.50. The molecule has 3 rings (SSSR count). The van der Waals surface area contributed by atoms with Gasteiger partial charge in [0.1, 0.15) is 6.61 Å². The predicted octanol–water partition coefficient (Wildman–Crippen LogP) is 3.99. The van der Waals surface area contributed by atoms with Crippen LogP contribution in [0.15, 0.2) is 54.6 Å². The third kappa shape index (κ3) is 5.34. The monoisotopic (exact) mass is 352 g/mol. The second-order valence-corrected chi connectivity index (χ2v) is 6.47. The van der Waals surface area contributed by atoms with Gasteiger partial charge in [-0.1, -0.05) is 42.5 Å². The molecule has 2 amide bonds. The van der Waals surface area contributed by atoms with E-state index in [0.29, 0.717) is 18.5 Å². The molecule has 1 saturated heterocycles. The van der Waals surface area contributed by atoms with Crippen LogP contribution in [-0.4, -0.2) is 30.0 Å². The lowest BCUT2D eigenvalue weighted by molar-refractivity contribution is -0.130. The van der Waals surface area contributed by atoms with Crippen molar-refractivity contribution in [3.8, 4) is 0 Å². The summed E-state index contributed by atoms with van der Waals surface area (Å²) in [5.74, 6) is 0.231. The van der Waals surface area contributed by atoms with Crippen LogP contribution < -0.4 is 5.32 Å². The molecule has 1 aliphatic heterocycles. The molecule has 0 radical (unpaired) electrons. The van der Waals surface area contributed by atoms with E-state index in [9.17, 15) is 9.59 Å². The third-order valence-electron chi connectivity index (χ3n) is 4.50. The number of nitrogens with zero attached hydrogens (tertiary/aromatic N) is 1. The number of rotatable bonds is 6. The summed E-state index contributed by atoms with van der Waals surface area (Å²) in [6.07, 6.45) is 3.00. The second-order valence-electron chi connectivity index (χ2n) is 6.47. The molecular formula is C21H24N2O3. The van der Waals surface area contributed by atoms with E-state index in [0.717, 1.165) is 37.1 Å². The van der Waals surface area contributed by atoms with Crippen LogP contribution in [0.2, 0.25) is 0 Å². The van der Waals surface area contributed by atoms with Crippen molar-refractivity contribution in [2.75, 3.05) is 18.4 Å². The Morgan fingerprint density at radius 2 is 1.62 bits per heavy atom. The van der Waals surface area contributed by atoms with E-state index >= 15 is 0 Å². The molecule has 5 nitrogen and oxygen atoms in total. The number of carbonyl (C=O) groups is 2. The minimum Gasteiger partial charge on any atom is -0.444 e. The SMILES string of the molecule is O=C(Nc1ccc(CCC(=O)N2CCCC2)cc1)OCc1ccccc1. The summed E-state index contributed by atoms with van der Waals surface area (Å²) in [4.78, 5) is 25.9. The largest absolute Gasteiger partial charge is 0.444 e. The maximum atomic E-state index is 12.1. The van der Waals surface area contributed by atoms with Gasteiger partial charge >= 0.3 is 6.09 Å². The highest BCUT2D eigenvalue weighted by Gasteiger charge is 2.17. The molecule has 26 heavy (non-hydrogen) atoms. The zero-order chi connectivity index (χ0) is 18.2. The van der Waals surface area contributed by atoms with Gasteiger partial charge in [0.05, 0.1) is 0 Å². The van der Waals surface area contributed by atoms with Crippen LogP contribution in [0, 0.1) is 0 Å². The van der Waals surface area contributed by atoms with Crippen LogP contribution in [0.25, 0.3) is 0 Å². The molecule has 1 fully saturated rings. The first-order chi connectivity index (χ1) is 12.7. The van der Waals surface area contributed by atoms with Crippen LogP contribution in [-0.2, 0) is 22.6 Å². The molecule has 0 saturated carbocycles. The zero-order valence-corrected chi connectivity index (χ0v) is 14.8. The van der Waals surface area contributed by atoms with Crippen molar-refractivity contribution in [3.05, 3.63) is 65.7 Å². The number of benzene rings is 2. The highest BCUT2D eigenvalue weighted by molar-refractivity contribution is 5.84. The summed E-state index contributed by atoms with van der Waals surface area (Å²) < 4.78 is 5.20. The van der Waals surface area contributed by atoms with Crippen LogP contribution in [0.4, 0.5) is 10.5 Å². The van der Waals surface area contributed by atoms with Gasteiger partial charge in [0.2, 0.25) is 5.91 Å². The molecule has 0 spiro atoms. The van der Waals surface area contributed by atoms with Gasteiger partial charge in [-0.2, -0.15) is 0 Å². The summed E-state index contributed by atoms with van der Waals surface area (Å²) in [5.41, 5.74) is 2.71. The highest BCUT2D eigenvalue weighted by Crippen LogP contribution is 2.14. The topological polar surface area (TPSA) is 58.6 Å². The Kier molecular flexibility index (Phi) is 6.25. The van der Waals surface area contributed by atoms with Gasteiger partial charge in [0.25, 0.3) is 0 Å². The van der Waals surface area contributed by atoms with E-state index in [4.69, 9.17) is 4.74 Å².